The number of hydrogen-bond donors (Lipinski definition) is 0. The summed E-state index contributed by atoms with van der Waals surface area (Å²) in [5, 5.41) is 0. The second kappa shape index (κ2) is 29.8. The standard InChI is InChI=1S/C111H130N4/c1-67-33-51-95-96-52-34-68(2)54-98(96)111(97(95)53-67,81-35-39-89(40-36-81)112(99-69(3)55-83(56-70(99)4)105(15,16)17)91-43-47-93(48-44-91)114(101-73(7)59-85(60-74(101)8)107(21,22)23)102-75(9)61-86(62-76(102)10)108(24,25)26)82-37-41-90(42-38-82)113(100-71(5)57-84(58-72(100)6)106(18,19)20)92-45-49-94(50-46-92)115(103-77(11)63-87(64-78(103)12)109(27,28)29)104-79(13)65-88(66-80(104)14)110(30,31)32/h33-66H,1-32H3. The van der Waals surface area contributed by atoms with Crippen LogP contribution in [0.25, 0.3) is 11.1 Å². The van der Waals surface area contributed by atoms with Crippen LogP contribution in [0.3, 0.4) is 0 Å². The van der Waals surface area contributed by atoms with E-state index in [1.807, 2.05) is 0 Å². The van der Waals surface area contributed by atoms with Gasteiger partial charge in [0.05, 0.1) is 39.5 Å². The second-order valence-corrected chi connectivity index (χ2v) is 40.6. The fraction of sp³-hybridized carbons (Fsp3) is 0.351. The van der Waals surface area contributed by atoms with E-state index >= 15 is 0 Å². The van der Waals surface area contributed by atoms with Crippen molar-refractivity contribution in [3.8, 4) is 11.1 Å². The molecule has 0 saturated heterocycles. The molecule has 594 valence electrons. The van der Waals surface area contributed by atoms with Crippen molar-refractivity contribution < 1.29 is 0 Å². The third kappa shape index (κ3) is 15.5. The first-order valence-corrected chi connectivity index (χ1v) is 42.1. The van der Waals surface area contributed by atoms with Crippen molar-refractivity contribution in [2.75, 3.05) is 19.6 Å². The predicted octanol–water partition coefficient (Wildman–Crippen LogP) is 32.0. The maximum absolute atomic E-state index is 2.55. The van der Waals surface area contributed by atoms with Crippen LogP contribution in [0.5, 0.6) is 0 Å². The summed E-state index contributed by atoms with van der Waals surface area (Å²) in [4.78, 5) is 10.2. The zero-order chi connectivity index (χ0) is 83.8. The van der Waals surface area contributed by atoms with Crippen LogP contribution in [0.2, 0.25) is 0 Å². The summed E-state index contributed by atoms with van der Waals surface area (Å²) in [6.07, 6.45) is 0. The molecule has 0 heterocycles. The Bertz CT molecular complexity index is 5100. The van der Waals surface area contributed by atoms with Gasteiger partial charge in [0.1, 0.15) is 0 Å². The first-order valence-electron chi connectivity index (χ1n) is 42.1. The topological polar surface area (TPSA) is 13.0 Å². The maximum atomic E-state index is 2.55. The summed E-state index contributed by atoms with van der Waals surface area (Å²) in [7, 11) is 0. The molecule has 0 spiro atoms. The summed E-state index contributed by atoms with van der Waals surface area (Å²) in [5.74, 6) is 0. The molecule has 0 atom stereocenters. The van der Waals surface area contributed by atoms with E-state index in [1.54, 1.807) is 0 Å². The number of fused-ring (bicyclic) bond motifs is 3. The molecule has 0 aromatic heterocycles. The molecule has 115 heavy (non-hydrogen) atoms. The zero-order valence-corrected chi connectivity index (χ0v) is 75.9. The molecule has 0 bridgehead atoms. The quantitative estimate of drug-likeness (QED) is 0.108. The Morgan fingerprint density at radius 1 is 0.183 bits per heavy atom. The monoisotopic (exact) mass is 1520 g/mol. The zero-order valence-electron chi connectivity index (χ0n) is 75.9. The molecule has 0 unspecified atom stereocenters. The summed E-state index contributed by atoms with van der Waals surface area (Å²) >= 11 is 0. The van der Waals surface area contributed by atoms with Gasteiger partial charge in [0.2, 0.25) is 0 Å². The molecule has 0 radical (unpaired) electrons. The first-order chi connectivity index (χ1) is 53.6. The smallest absolute Gasteiger partial charge is 0.0713 e. The minimum atomic E-state index is -0.697. The van der Waals surface area contributed by atoms with Gasteiger partial charge in [0.25, 0.3) is 0 Å². The summed E-state index contributed by atoms with van der Waals surface area (Å²) in [6.45, 7) is 74.0. The van der Waals surface area contributed by atoms with E-state index in [-0.39, 0.29) is 32.5 Å². The molecule has 0 amide bonds. The Morgan fingerprint density at radius 2 is 0.339 bits per heavy atom. The molecule has 4 heteroatoms. The van der Waals surface area contributed by atoms with E-state index < -0.39 is 5.41 Å². The minimum Gasteiger partial charge on any atom is -0.310 e. The highest BCUT2D eigenvalue weighted by atomic mass is 15.2. The van der Waals surface area contributed by atoms with Gasteiger partial charge in [0, 0.05) is 34.1 Å². The molecule has 0 fully saturated rings. The average Bonchev–Trinajstić information content (AvgIpc) is 1.54. The van der Waals surface area contributed by atoms with E-state index in [0.717, 1.165) is 34.1 Å². The van der Waals surface area contributed by atoms with Gasteiger partial charge >= 0.3 is 0 Å². The van der Waals surface area contributed by atoms with Gasteiger partial charge in [0.15, 0.2) is 0 Å². The molecular weight excluding hydrogens is 1390 g/mol. The van der Waals surface area contributed by atoms with Gasteiger partial charge in [-0.3, -0.25) is 0 Å². The Labute approximate surface area is 693 Å². The maximum Gasteiger partial charge on any atom is 0.0713 e. The van der Waals surface area contributed by atoms with Crippen LogP contribution in [0.1, 0.15) is 258 Å². The Balaban J connectivity index is 0.987. The minimum absolute atomic E-state index is 0.00165. The molecule has 1 aliphatic carbocycles. The van der Waals surface area contributed by atoms with Crippen LogP contribution in [-0.4, -0.2) is 0 Å². The highest BCUT2D eigenvalue weighted by Crippen LogP contribution is 2.59. The molecule has 12 aromatic rings. The van der Waals surface area contributed by atoms with Gasteiger partial charge in [-0.1, -0.05) is 269 Å². The number of benzene rings is 12. The first kappa shape index (κ1) is 82.8. The van der Waals surface area contributed by atoms with Crippen LogP contribution >= 0.6 is 0 Å². The fourth-order valence-electron chi connectivity index (χ4n) is 18.6. The summed E-state index contributed by atoms with van der Waals surface area (Å²) in [6, 6.07) is 81.7. The van der Waals surface area contributed by atoms with Crippen molar-refractivity contribution in [3.63, 3.8) is 0 Å². The highest BCUT2D eigenvalue weighted by molar-refractivity contribution is 5.92. The molecule has 0 aliphatic heterocycles. The Kier molecular flexibility index (Phi) is 21.5. The van der Waals surface area contributed by atoms with Crippen molar-refractivity contribution >= 4 is 68.2 Å². The van der Waals surface area contributed by atoms with Gasteiger partial charge in [-0.2, -0.15) is 0 Å². The van der Waals surface area contributed by atoms with E-state index in [9.17, 15) is 0 Å². The third-order valence-electron chi connectivity index (χ3n) is 24.8. The number of anilines is 12. The van der Waals surface area contributed by atoms with Gasteiger partial charge in [-0.15, -0.1) is 0 Å². The van der Waals surface area contributed by atoms with Crippen molar-refractivity contribution in [2.45, 2.75) is 259 Å². The lowest BCUT2D eigenvalue weighted by molar-refractivity contribution is 0.588. The number of aryl methyl sites for hydroxylation is 14. The molecule has 0 saturated carbocycles. The van der Waals surface area contributed by atoms with Crippen LogP contribution in [-0.2, 0) is 37.9 Å². The van der Waals surface area contributed by atoms with Crippen molar-refractivity contribution in [1.82, 2.24) is 0 Å². The van der Waals surface area contributed by atoms with E-state index in [4.69, 9.17) is 0 Å². The summed E-state index contributed by atoms with van der Waals surface area (Å²) < 4.78 is 0. The van der Waals surface area contributed by atoms with Gasteiger partial charge in [-0.05, 0) is 336 Å². The van der Waals surface area contributed by atoms with E-state index in [1.165, 1.54) is 179 Å². The lowest BCUT2D eigenvalue weighted by atomic mass is 9.67. The Morgan fingerprint density at radius 3 is 0.513 bits per heavy atom. The number of nitrogens with zero attached hydrogens (tertiary/aromatic N) is 4. The second-order valence-electron chi connectivity index (χ2n) is 40.6. The lowest BCUT2D eigenvalue weighted by Crippen LogP contribution is -2.29. The molecule has 1 aliphatic rings. The van der Waals surface area contributed by atoms with Crippen LogP contribution in [0.4, 0.5) is 68.2 Å². The largest absolute Gasteiger partial charge is 0.310 e. The molecule has 4 nitrogen and oxygen atoms in total. The third-order valence-corrected chi connectivity index (χ3v) is 24.8. The SMILES string of the molecule is Cc1ccc2c(c1)C(c1ccc(N(c3ccc(N(c4c(C)cc(C(C)(C)C)cc4C)c4c(C)cc(C(C)(C)C)cc4C)cc3)c3c(C)cc(C(C)(C)C)cc3C)cc1)(c1ccc(N(c3ccc(N(c4c(C)cc(C(C)(C)C)cc4C)c4c(C)cc(C(C)(C)C)cc4C)cc3)c3c(C)cc(C(C)(C)C)cc3C)cc1)c1cc(C)ccc1-2. The van der Waals surface area contributed by atoms with Crippen molar-refractivity contribution in [3.05, 3.63) is 340 Å². The highest BCUT2D eigenvalue weighted by Gasteiger charge is 2.47. The lowest BCUT2D eigenvalue weighted by Gasteiger charge is -2.36. The van der Waals surface area contributed by atoms with Crippen LogP contribution in [0.15, 0.2) is 206 Å². The fourth-order valence-corrected chi connectivity index (χ4v) is 18.6. The van der Waals surface area contributed by atoms with Crippen molar-refractivity contribution in [2.24, 2.45) is 0 Å². The van der Waals surface area contributed by atoms with Gasteiger partial charge in [-0.25, -0.2) is 0 Å². The number of rotatable bonds is 14. The van der Waals surface area contributed by atoms with Crippen LogP contribution < -0.4 is 19.6 Å². The van der Waals surface area contributed by atoms with Crippen molar-refractivity contribution in [1.29, 1.82) is 0 Å². The van der Waals surface area contributed by atoms with Crippen LogP contribution in [0, 0.1) is 96.9 Å². The Hall–Kier alpha value is -10.2. The molecule has 0 N–H and O–H groups in total. The molecular formula is C111H130N4. The van der Waals surface area contributed by atoms with E-state index in [2.05, 4.69) is 447 Å². The normalized spacial score (nSPS) is 13.1. The van der Waals surface area contributed by atoms with E-state index in [0.29, 0.717) is 0 Å². The molecule has 12 aromatic carbocycles. The van der Waals surface area contributed by atoms with Gasteiger partial charge < -0.3 is 19.6 Å². The average molecular weight is 1520 g/mol. The summed E-state index contributed by atoms with van der Waals surface area (Å²) in [5.41, 5.74) is 46.2. The number of hydrogen-bond acceptors (Lipinski definition) is 4. The molecule has 13 rings (SSSR count). The predicted molar refractivity (Wildman–Crippen MR) is 501 cm³/mol.